The molecule has 1 amide bonds. The average molecular weight is 552 g/mol. The molecule has 40 heavy (non-hydrogen) atoms. The number of nitrogens with zero attached hydrogens (tertiary/aromatic N) is 1. The predicted octanol–water partition coefficient (Wildman–Crippen LogP) is 7.04. The molecule has 2 N–H and O–H groups in total. The van der Waals surface area contributed by atoms with Crippen LogP contribution < -0.4 is 14.9 Å². The van der Waals surface area contributed by atoms with Gasteiger partial charge in [-0.25, -0.2) is 10.2 Å². The van der Waals surface area contributed by atoms with E-state index in [1.807, 2.05) is 36.4 Å². The second kappa shape index (κ2) is 11.9. The van der Waals surface area contributed by atoms with E-state index in [0.717, 1.165) is 28.5 Å². The molecule has 0 spiro atoms. The molecule has 7 nitrogen and oxygen atoms in total. The van der Waals surface area contributed by atoms with Gasteiger partial charge in [-0.1, -0.05) is 67.1 Å². The van der Waals surface area contributed by atoms with Crippen molar-refractivity contribution < 1.29 is 19.1 Å². The van der Waals surface area contributed by atoms with E-state index in [9.17, 15) is 9.59 Å². The highest BCUT2D eigenvalue weighted by atomic mass is 35.5. The fraction of sp³-hybridized carbons (Fsp3) is 0.0938. The first-order valence-corrected chi connectivity index (χ1v) is 13.0. The molecule has 1 aromatic heterocycles. The molecule has 0 atom stereocenters. The number of fused-ring (bicyclic) bond motifs is 1. The number of aryl methyl sites for hydroxylation is 1. The van der Waals surface area contributed by atoms with Crippen molar-refractivity contribution in [3.05, 3.63) is 118 Å². The third-order valence-electron chi connectivity index (χ3n) is 6.49. The van der Waals surface area contributed by atoms with Gasteiger partial charge in [0.15, 0.2) is 0 Å². The van der Waals surface area contributed by atoms with E-state index in [4.69, 9.17) is 21.1 Å². The number of H-pyrrole nitrogens is 1. The fourth-order valence-corrected chi connectivity index (χ4v) is 4.70. The molecule has 0 unspecified atom stereocenters. The highest BCUT2D eigenvalue weighted by molar-refractivity contribution is 6.34. The van der Waals surface area contributed by atoms with Crippen molar-refractivity contribution in [3.8, 4) is 22.6 Å². The smallest absolute Gasteiger partial charge is 0.343 e. The molecular formula is C32H26ClN3O4. The van der Waals surface area contributed by atoms with E-state index in [0.29, 0.717) is 38.9 Å². The lowest BCUT2D eigenvalue weighted by atomic mass is 9.99. The van der Waals surface area contributed by atoms with Crippen molar-refractivity contribution in [3.63, 3.8) is 0 Å². The molecule has 200 valence electrons. The highest BCUT2D eigenvalue weighted by Gasteiger charge is 2.22. The van der Waals surface area contributed by atoms with Gasteiger partial charge < -0.3 is 14.5 Å². The standard InChI is InChI=1S/C32H26ClN3O4/c1-3-20-10-8-12-25-28(24-11-5-6-13-26(24)33)30(35-29(20)25)31(37)36-34-19-22-9-4-7-14-27(22)40-32(38)21-15-17-23(39-2)18-16-21/h4-19,35H,3H2,1-2H3,(H,36,37). The van der Waals surface area contributed by atoms with Crippen LogP contribution in [0, 0.1) is 0 Å². The summed E-state index contributed by atoms with van der Waals surface area (Å²) in [7, 11) is 1.56. The van der Waals surface area contributed by atoms with Gasteiger partial charge in [0.1, 0.15) is 17.2 Å². The summed E-state index contributed by atoms with van der Waals surface area (Å²) in [6.07, 6.45) is 2.23. The summed E-state index contributed by atoms with van der Waals surface area (Å²) >= 11 is 6.55. The number of para-hydroxylation sites is 2. The van der Waals surface area contributed by atoms with Crippen LogP contribution in [-0.2, 0) is 6.42 Å². The summed E-state index contributed by atoms with van der Waals surface area (Å²) in [6, 6.07) is 26.9. The van der Waals surface area contributed by atoms with E-state index in [1.54, 1.807) is 61.7 Å². The van der Waals surface area contributed by atoms with Crippen LogP contribution in [0.25, 0.3) is 22.0 Å². The van der Waals surface area contributed by atoms with Crippen LogP contribution in [-0.4, -0.2) is 30.2 Å². The molecule has 0 radical (unpaired) electrons. The minimum absolute atomic E-state index is 0.302. The Morgan fingerprint density at radius 1 is 0.950 bits per heavy atom. The third-order valence-corrected chi connectivity index (χ3v) is 6.82. The number of amides is 1. The topological polar surface area (TPSA) is 92.8 Å². The van der Waals surface area contributed by atoms with Gasteiger partial charge in [0, 0.05) is 32.6 Å². The summed E-state index contributed by atoms with van der Waals surface area (Å²) in [6.45, 7) is 2.06. The number of benzene rings is 4. The molecule has 1 heterocycles. The van der Waals surface area contributed by atoms with Crippen molar-refractivity contribution in [2.45, 2.75) is 13.3 Å². The summed E-state index contributed by atoms with van der Waals surface area (Å²) in [5.74, 6) is -0.0199. The van der Waals surface area contributed by atoms with Crippen LogP contribution in [0.1, 0.15) is 38.9 Å². The number of hydrogen-bond donors (Lipinski definition) is 2. The zero-order valence-corrected chi connectivity index (χ0v) is 22.7. The van der Waals surface area contributed by atoms with Crippen molar-refractivity contribution >= 4 is 40.6 Å². The minimum Gasteiger partial charge on any atom is -0.497 e. The zero-order chi connectivity index (χ0) is 28.1. The fourth-order valence-electron chi connectivity index (χ4n) is 4.47. The average Bonchev–Trinajstić information content (AvgIpc) is 3.38. The van der Waals surface area contributed by atoms with Gasteiger partial charge in [-0.05, 0) is 54.4 Å². The third kappa shape index (κ3) is 5.46. The van der Waals surface area contributed by atoms with Crippen LogP contribution >= 0.6 is 11.6 Å². The number of esters is 1. The van der Waals surface area contributed by atoms with E-state index >= 15 is 0 Å². The first-order valence-electron chi connectivity index (χ1n) is 12.7. The molecule has 8 heteroatoms. The van der Waals surface area contributed by atoms with Gasteiger partial charge in [0.05, 0.1) is 18.9 Å². The maximum Gasteiger partial charge on any atom is 0.343 e. The maximum absolute atomic E-state index is 13.4. The molecular weight excluding hydrogens is 526 g/mol. The Hall–Kier alpha value is -4.88. The Bertz CT molecular complexity index is 1720. The predicted molar refractivity (Wildman–Crippen MR) is 158 cm³/mol. The summed E-state index contributed by atoms with van der Waals surface area (Å²) < 4.78 is 10.7. The van der Waals surface area contributed by atoms with Gasteiger partial charge in [-0.3, -0.25) is 4.79 Å². The van der Waals surface area contributed by atoms with Crippen molar-refractivity contribution in [1.29, 1.82) is 0 Å². The van der Waals surface area contributed by atoms with E-state index < -0.39 is 11.9 Å². The Kier molecular flexibility index (Phi) is 7.94. The second-order valence-corrected chi connectivity index (χ2v) is 9.31. The molecule has 0 bridgehead atoms. The molecule has 4 aromatic carbocycles. The lowest BCUT2D eigenvalue weighted by Crippen LogP contribution is -2.19. The lowest BCUT2D eigenvalue weighted by Gasteiger charge is -2.08. The molecule has 0 aliphatic carbocycles. The van der Waals surface area contributed by atoms with E-state index in [-0.39, 0.29) is 0 Å². The number of aromatic amines is 1. The number of hydrazone groups is 1. The van der Waals surface area contributed by atoms with E-state index in [1.165, 1.54) is 6.21 Å². The highest BCUT2D eigenvalue weighted by Crippen LogP contribution is 2.37. The lowest BCUT2D eigenvalue weighted by molar-refractivity contribution is 0.0734. The number of ether oxygens (including phenoxy) is 2. The molecule has 0 aliphatic rings. The summed E-state index contributed by atoms with van der Waals surface area (Å²) in [4.78, 5) is 29.4. The van der Waals surface area contributed by atoms with Crippen LogP contribution in [0.5, 0.6) is 11.5 Å². The first-order chi connectivity index (χ1) is 19.5. The Labute approximate surface area is 236 Å². The summed E-state index contributed by atoms with van der Waals surface area (Å²) in [5, 5.41) is 5.60. The number of hydrogen-bond acceptors (Lipinski definition) is 5. The normalized spacial score (nSPS) is 11.1. The van der Waals surface area contributed by atoms with E-state index in [2.05, 4.69) is 22.4 Å². The molecule has 0 fully saturated rings. The molecule has 5 aromatic rings. The van der Waals surface area contributed by atoms with Gasteiger partial charge in [-0.2, -0.15) is 5.10 Å². The van der Waals surface area contributed by atoms with Crippen LogP contribution in [0.4, 0.5) is 0 Å². The molecule has 0 saturated carbocycles. The summed E-state index contributed by atoms with van der Waals surface area (Å²) in [5.41, 5.74) is 7.25. The second-order valence-electron chi connectivity index (χ2n) is 8.90. The van der Waals surface area contributed by atoms with Gasteiger partial charge >= 0.3 is 5.97 Å². The molecule has 5 rings (SSSR count). The Morgan fingerprint density at radius 2 is 1.70 bits per heavy atom. The van der Waals surface area contributed by atoms with Crippen molar-refractivity contribution in [2.24, 2.45) is 5.10 Å². The monoisotopic (exact) mass is 551 g/mol. The minimum atomic E-state index is -0.526. The quantitative estimate of drug-likeness (QED) is 0.0935. The number of methoxy groups -OCH3 is 1. The van der Waals surface area contributed by atoms with Gasteiger partial charge in [0.2, 0.25) is 0 Å². The number of nitrogens with one attached hydrogen (secondary N) is 2. The number of carbonyl (C=O) groups is 2. The van der Waals surface area contributed by atoms with Gasteiger partial charge in [0.25, 0.3) is 5.91 Å². The van der Waals surface area contributed by atoms with Crippen molar-refractivity contribution in [1.82, 2.24) is 10.4 Å². The number of aromatic nitrogens is 1. The number of carbonyl (C=O) groups excluding carboxylic acids is 2. The largest absolute Gasteiger partial charge is 0.497 e. The van der Waals surface area contributed by atoms with Crippen LogP contribution in [0.2, 0.25) is 5.02 Å². The molecule has 0 aliphatic heterocycles. The number of rotatable bonds is 8. The Balaban J connectivity index is 1.41. The zero-order valence-electron chi connectivity index (χ0n) is 21.9. The van der Waals surface area contributed by atoms with Crippen molar-refractivity contribution in [2.75, 3.05) is 7.11 Å². The SMILES string of the molecule is CCc1cccc2c(-c3ccccc3Cl)c(C(=O)NN=Cc3ccccc3OC(=O)c3ccc(OC)cc3)[nH]c12. The van der Waals surface area contributed by atoms with Crippen LogP contribution in [0.15, 0.2) is 96.1 Å². The first kappa shape index (κ1) is 26.7. The van der Waals surface area contributed by atoms with Crippen LogP contribution in [0.3, 0.4) is 0 Å². The Morgan fingerprint density at radius 3 is 2.45 bits per heavy atom. The van der Waals surface area contributed by atoms with Gasteiger partial charge in [-0.15, -0.1) is 0 Å². The molecule has 0 saturated heterocycles. The number of halogens is 1. The maximum atomic E-state index is 13.4.